The van der Waals surface area contributed by atoms with Crippen molar-refractivity contribution in [3.8, 4) is 5.75 Å². The van der Waals surface area contributed by atoms with Gasteiger partial charge in [-0.1, -0.05) is 0 Å². The van der Waals surface area contributed by atoms with Gasteiger partial charge in [-0.25, -0.2) is 9.59 Å². The molecule has 0 saturated carbocycles. The first-order valence-corrected chi connectivity index (χ1v) is 6.98. The van der Waals surface area contributed by atoms with Crippen LogP contribution in [0.15, 0.2) is 50.0 Å². The van der Waals surface area contributed by atoms with Crippen molar-refractivity contribution in [2.24, 2.45) is 0 Å². The summed E-state index contributed by atoms with van der Waals surface area (Å²) in [5.41, 5.74) is 0.843. The molecule has 1 N–H and O–H groups in total. The average molecular weight is 314 g/mol. The maximum atomic E-state index is 11.4. The number of hydrogen-bond donors (Lipinski definition) is 1. The van der Waals surface area contributed by atoms with Crippen LogP contribution in [-0.2, 0) is 0 Å². The SMILES string of the molecule is Cc1cc(=O)oc2cc(OC(C)c3ccc(C(=O)O)o3)ccc12. The van der Waals surface area contributed by atoms with Crippen molar-refractivity contribution in [1.82, 2.24) is 0 Å². The largest absolute Gasteiger partial charge is 0.483 e. The summed E-state index contributed by atoms with van der Waals surface area (Å²) in [6.07, 6.45) is -0.489. The van der Waals surface area contributed by atoms with Crippen LogP contribution in [0, 0.1) is 6.92 Å². The molecule has 0 aliphatic carbocycles. The topological polar surface area (TPSA) is 89.9 Å². The zero-order valence-electron chi connectivity index (χ0n) is 12.5. The molecule has 2 heterocycles. The summed E-state index contributed by atoms with van der Waals surface area (Å²) in [5.74, 6) is -0.387. The van der Waals surface area contributed by atoms with Crippen LogP contribution in [0.2, 0.25) is 0 Å². The highest BCUT2D eigenvalue weighted by atomic mass is 16.5. The number of aromatic carboxylic acids is 1. The van der Waals surface area contributed by atoms with E-state index in [9.17, 15) is 9.59 Å². The van der Waals surface area contributed by atoms with E-state index < -0.39 is 17.7 Å². The highest BCUT2D eigenvalue weighted by Crippen LogP contribution is 2.27. The Morgan fingerprint density at radius 2 is 1.96 bits per heavy atom. The standard InChI is InChI=1S/C17H14O6/c1-9-7-16(18)23-15-8-11(3-4-12(9)15)21-10(2)13-5-6-14(22-13)17(19)20/h3-8,10H,1-2H3,(H,19,20). The number of fused-ring (bicyclic) bond motifs is 1. The first kappa shape index (κ1) is 14.9. The number of aryl methyl sites for hydroxylation is 1. The van der Waals surface area contributed by atoms with E-state index >= 15 is 0 Å². The normalized spacial score (nSPS) is 12.3. The molecule has 0 amide bonds. The lowest BCUT2D eigenvalue weighted by Gasteiger charge is -2.13. The van der Waals surface area contributed by atoms with Gasteiger partial charge in [-0.05, 0) is 43.7 Å². The molecule has 23 heavy (non-hydrogen) atoms. The Balaban J connectivity index is 1.88. The number of carboxylic acid groups (broad SMARTS) is 1. The van der Waals surface area contributed by atoms with E-state index in [4.69, 9.17) is 18.7 Å². The van der Waals surface area contributed by atoms with Crippen LogP contribution in [0.25, 0.3) is 11.0 Å². The second kappa shape index (κ2) is 5.64. The summed E-state index contributed by atoms with van der Waals surface area (Å²) in [4.78, 5) is 22.3. The van der Waals surface area contributed by atoms with E-state index in [1.807, 2.05) is 6.92 Å². The summed E-state index contributed by atoms with van der Waals surface area (Å²) in [6, 6.07) is 9.55. The van der Waals surface area contributed by atoms with Gasteiger partial charge in [0.25, 0.3) is 0 Å². The Labute approximate surface area is 130 Å². The van der Waals surface area contributed by atoms with Crippen molar-refractivity contribution in [1.29, 1.82) is 0 Å². The molecule has 0 aliphatic heterocycles. The quantitative estimate of drug-likeness (QED) is 0.741. The first-order chi connectivity index (χ1) is 10.9. The lowest BCUT2D eigenvalue weighted by Crippen LogP contribution is -2.03. The molecule has 6 heteroatoms. The molecule has 0 spiro atoms. The number of carbonyl (C=O) groups is 1. The molecule has 1 unspecified atom stereocenters. The molecule has 3 aromatic rings. The molecule has 1 aromatic carbocycles. The van der Waals surface area contributed by atoms with Crippen molar-refractivity contribution >= 4 is 16.9 Å². The molecule has 2 aromatic heterocycles. The van der Waals surface area contributed by atoms with Gasteiger partial charge in [-0.2, -0.15) is 0 Å². The average Bonchev–Trinajstić information content (AvgIpc) is 2.96. The Morgan fingerprint density at radius 3 is 2.65 bits per heavy atom. The molecule has 0 radical (unpaired) electrons. The Hall–Kier alpha value is -3.02. The second-order valence-corrected chi connectivity index (χ2v) is 5.17. The number of hydrogen-bond acceptors (Lipinski definition) is 5. The highest BCUT2D eigenvalue weighted by molar-refractivity contribution is 5.84. The van der Waals surface area contributed by atoms with Gasteiger partial charge in [-0.3, -0.25) is 0 Å². The fourth-order valence-electron chi connectivity index (χ4n) is 2.33. The predicted molar refractivity (Wildman–Crippen MR) is 81.9 cm³/mol. The summed E-state index contributed by atoms with van der Waals surface area (Å²) < 4.78 is 16.1. The van der Waals surface area contributed by atoms with Gasteiger partial charge in [-0.15, -0.1) is 0 Å². The van der Waals surface area contributed by atoms with Crippen LogP contribution in [0.3, 0.4) is 0 Å². The van der Waals surface area contributed by atoms with Crippen LogP contribution in [0.4, 0.5) is 0 Å². The van der Waals surface area contributed by atoms with E-state index in [0.717, 1.165) is 10.9 Å². The summed E-state index contributed by atoms with van der Waals surface area (Å²) >= 11 is 0. The zero-order chi connectivity index (χ0) is 16.6. The zero-order valence-corrected chi connectivity index (χ0v) is 12.5. The molecule has 0 bridgehead atoms. The van der Waals surface area contributed by atoms with E-state index in [0.29, 0.717) is 17.1 Å². The van der Waals surface area contributed by atoms with Crippen LogP contribution < -0.4 is 10.4 Å². The number of carboxylic acids is 1. The highest BCUT2D eigenvalue weighted by Gasteiger charge is 2.16. The summed E-state index contributed by atoms with van der Waals surface area (Å²) in [5, 5.41) is 9.69. The Morgan fingerprint density at radius 1 is 1.17 bits per heavy atom. The molecule has 0 aliphatic rings. The van der Waals surface area contributed by atoms with Crippen LogP contribution in [0.1, 0.15) is 34.9 Å². The van der Waals surface area contributed by atoms with E-state index in [-0.39, 0.29) is 5.76 Å². The van der Waals surface area contributed by atoms with Gasteiger partial charge >= 0.3 is 11.6 Å². The maximum absolute atomic E-state index is 11.4. The van der Waals surface area contributed by atoms with Crippen molar-refractivity contribution in [3.63, 3.8) is 0 Å². The molecule has 6 nitrogen and oxygen atoms in total. The van der Waals surface area contributed by atoms with Crippen molar-refractivity contribution < 1.29 is 23.5 Å². The molecule has 118 valence electrons. The van der Waals surface area contributed by atoms with E-state index in [1.165, 1.54) is 12.1 Å². The van der Waals surface area contributed by atoms with E-state index in [2.05, 4.69) is 0 Å². The van der Waals surface area contributed by atoms with Gasteiger partial charge in [0.05, 0.1) is 0 Å². The van der Waals surface area contributed by atoms with Crippen molar-refractivity contribution in [2.45, 2.75) is 20.0 Å². The second-order valence-electron chi connectivity index (χ2n) is 5.17. The minimum absolute atomic E-state index is 0.143. The Kier molecular flexibility index (Phi) is 3.65. The number of rotatable bonds is 4. The van der Waals surface area contributed by atoms with Gasteiger partial charge in [0, 0.05) is 17.5 Å². The third kappa shape index (κ3) is 2.96. The molecule has 0 fully saturated rings. The van der Waals surface area contributed by atoms with Gasteiger partial charge < -0.3 is 18.7 Å². The third-order valence-corrected chi connectivity index (χ3v) is 3.47. The number of benzene rings is 1. The minimum atomic E-state index is -1.13. The first-order valence-electron chi connectivity index (χ1n) is 6.98. The lowest BCUT2D eigenvalue weighted by atomic mass is 10.1. The van der Waals surface area contributed by atoms with Gasteiger partial charge in [0.1, 0.15) is 17.1 Å². The fourth-order valence-corrected chi connectivity index (χ4v) is 2.33. The summed E-state index contributed by atoms with van der Waals surface area (Å²) in [6.45, 7) is 3.57. The molecular weight excluding hydrogens is 300 g/mol. The number of ether oxygens (including phenoxy) is 1. The van der Waals surface area contributed by atoms with Crippen molar-refractivity contribution in [2.75, 3.05) is 0 Å². The molecule has 3 rings (SSSR count). The van der Waals surface area contributed by atoms with E-state index in [1.54, 1.807) is 31.2 Å². The predicted octanol–water partition coefficient (Wildman–Crippen LogP) is 3.53. The third-order valence-electron chi connectivity index (χ3n) is 3.47. The van der Waals surface area contributed by atoms with Crippen molar-refractivity contribution in [3.05, 3.63) is 63.9 Å². The molecule has 0 saturated heterocycles. The maximum Gasteiger partial charge on any atom is 0.371 e. The van der Waals surface area contributed by atoms with Gasteiger partial charge in [0.15, 0.2) is 6.10 Å². The summed E-state index contributed by atoms with van der Waals surface area (Å²) in [7, 11) is 0. The van der Waals surface area contributed by atoms with Crippen LogP contribution >= 0.6 is 0 Å². The van der Waals surface area contributed by atoms with Gasteiger partial charge in [0.2, 0.25) is 5.76 Å². The minimum Gasteiger partial charge on any atom is -0.483 e. The number of furan rings is 1. The molecular formula is C17H14O6. The fraction of sp³-hybridized carbons (Fsp3) is 0.176. The smallest absolute Gasteiger partial charge is 0.371 e. The van der Waals surface area contributed by atoms with Crippen LogP contribution in [0.5, 0.6) is 5.75 Å². The lowest BCUT2D eigenvalue weighted by molar-refractivity contribution is 0.0655. The Bertz CT molecular complexity index is 934. The molecule has 1 atom stereocenters. The monoisotopic (exact) mass is 314 g/mol. The van der Waals surface area contributed by atoms with Crippen LogP contribution in [-0.4, -0.2) is 11.1 Å².